The molecule has 0 radical (unpaired) electrons. The maximum atomic E-state index is 12.5. The number of carboxylic acids is 1. The van der Waals surface area contributed by atoms with Crippen molar-refractivity contribution in [2.24, 2.45) is 92.7 Å². The van der Waals surface area contributed by atoms with Gasteiger partial charge in [0.05, 0.1) is 18.1 Å². The Labute approximate surface area is 589 Å². The number of ketones is 2. The second kappa shape index (κ2) is 38.6. The quantitative estimate of drug-likeness (QED) is 0.0284. The van der Waals surface area contributed by atoms with E-state index in [0.29, 0.717) is 83.8 Å². The molecule has 0 heterocycles. The van der Waals surface area contributed by atoms with E-state index in [1.165, 1.54) is 111 Å². The number of ether oxygens (including phenoxy) is 9. The number of carbonyl (C=O) groups excluding carboxylic acids is 9. The maximum Gasteiger partial charge on any atom is 0.308 e. The van der Waals surface area contributed by atoms with Crippen LogP contribution >= 0.6 is 11.8 Å². The van der Waals surface area contributed by atoms with Crippen molar-refractivity contribution in [1.82, 2.24) is 0 Å². The average molecular weight is 1400 g/mol. The van der Waals surface area contributed by atoms with Crippen LogP contribution in [0.3, 0.4) is 0 Å². The molecule has 2 unspecified atom stereocenters. The minimum atomic E-state index is -0.850. The summed E-state index contributed by atoms with van der Waals surface area (Å²) < 4.78 is 47.5. The van der Waals surface area contributed by atoms with E-state index in [9.17, 15) is 47.9 Å². The lowest BCUT2D eigenvalue weighted by atomic mass is 9.44. The van der Waals surface area contributed by atoms with Crippen molar-refractivity contribution in [3.05, 3.63) is 0 Å². The Morgan fingerprint density at radius 3 is 1.19 bits per heavy atom. The highest BCUT2D eigenvalue weighted by molar-refractivity contribution is 7.98. The molecule has 0 aromatic rings. The number of thioether (sulfide) groups is 1. The van der Waals surface area contributed by atoms with E-state index in [-0.39, 0.29) is 87.7 Å². The highest BCUT2D eigenvalue weighted by Gasteiger charge is 2.63. The van der Waals surface area contributed by atoms with Crippen LogP contribution < -0.4 is 0 Å². The van der Waals surface area contributed by atoms with Gasteiger partial charge in [-0.2, -0.15) is 0 Å². The van der Waals surface area contributed by atoms with Gasteiger partial charge in [-0.3, -0.25) is 47.9 Å². The summed E-state index contributed by atoms with van der Waals surface area (Å²) in [5, 5.41) is 8.66. The fourth-order valence-corrected chi connectivity index (χ4v) is 20.7. The molecule has 8 saturated carbocycles. The first-order chi connectivity index (χ1) is 46.3. The maximum absolute atomic E-state index is 12.5. The zero-order valence-corrected chi connectivity index (χ0v) is 62.7. The van der Waals surface area contributed by atoms with Gasteiger partial charge in [0, 0.05) is 65.2 Å². The van der Waals surface area contributed by atoms with Crippen LogP contribution in [0.25, 0.3) is 0 Å². The van der Waals surface area contributed by atoms with Crippen LogP contribution in [0, 0.1) is 92.7 Å². The number of carbonyl (C=O) groups is 10. The minimum absolute atomic E-state index is 0.00767. The molecule has 0 bridgehead atoms. The number of Topliss-reactive ketones (excluding diaryl/α,β-unsaturated/α-hetero) is 2. The van der Waals surface area contributed by atoms with Gasteiger partial charge in [-0.1, -0.05) is 67.2 Å². The zero-order chi connectivity index (χ0) is 72.1. The summed E-state index contributed by atoms with van der Waals surface area (Å²) in [7, 11) is 0. The Kier molecular flexibility index (Phi) is 32.4. The molecule has 8 fully saturated rings. The summed E-state index contributed by atoms with van der Waals surface area (Å²) in [5.74, 6) is 4.58. The SMILES string of the molecule is CC(=O)OCC(COC(C)=O)OC(=O)CCCCC(C)CC(=O)O.CC(=O)OCC(COC(C)=O)OC(=O)CCCCC(C)CC(=O)OCO[C@@H]1CC[C@@]2(C)[C@@H](CC[C@@H]3[C@@H]2CC[C@]2(C)[C@@H](C(C)=O)CC[C@@H]32)C1.CSCO[C@@H]1CC[C@@]2(C)[C@@H](CC[C@@H]3[C@@H]2CC[C@]2(C)[C@@H](C(C)=O)CC[C@@H]32)C1. The molecular weight excluding hydrogens is 1280 g/mol. The lowest BCUT2D eigenvalue weighted by Crippen LogP contribution is -2.54. The first-order valence-electron chi connectivity index (χ1n) is 37.4. The molecule has 8 rings (SSSR count). The summed E-state index contributed by atoms with van der Waals surface area (Å²) in [6.45, 7) is 21.8. The average Bonchev–Trinajstić information content (AvgIpc) is 1.41. The second-order valence-corrected chi connectivity index (χ2v) is 32.8. The smallest absolute Gasteiger partial charge is 0.308 e. The number of hydrogen-bond donors (Lipinski definition) is 1. The van der Waals surface area contributed by atoms with Crippen molar-refractivity contribution in [2.75, 3.05) is 45.4 Å². The highest BCUT2D eigenvalue weighted by Crippen LogP contribution is 2.69. The number of fused-ring (bicyclic) bond motifs is 10. The lowest BCUT2D eigenvalue weighted by Gasteiger charge is -2.61. The first kappa shape index (κ1) is 82.3. The monoisotopic (exact) mass is 1400 g/mol. The molecule has 558 valence electrons. The topological polar surface area (TPSA) is 274 Å². The highest BCUT2D eigenvalue weighted by atomic mass is 32.2. The Balaban J connectivity index is 0.000000255. The fourth-order valence-electron chi connectivity index (χ4n) is 20.4. The van der Waals surface area contributed by atoms with E-state index < -0.39 is 54.0 Å². The van der Waals surface area contributed by atoms with E-state index in [0.717, 1.165) is 86.4 Å². The molecule has 20 nitrogen and oxygen atoms in total. The van der Waals surface area contributed by atoms with Crippen molar-refractivity contribution in [3.63, 3.8) is 0 Å². The molecule has 8 aliphatic rings. The molecule has 0 aromatic carbocycles. The second-order valence-electron chi connectivity index (χ2n) is 32.0. The summed E-state index contributed by atoms with van der Waals surface area (Å²) in [4.78, 5) is 116. The number of hydrogen-bond acceptors (Lipinski definition) is 20. The molecule has 0 amide bonds. The predicted octanol–water partition coefficient (Wildman–Crippen LogP) is 14.4. The van der Waals surface area contributed by atoms with Crippen molar-refractivity contribution < 1.29 is 95.7 Å². The Morgan fingerprint density at radius 1 is 0.439 bits per heavy atom. The lowest BCUT2D eigenvalue weighted by molar-refractivity contribution is -0.174. The van der Waals surface area contributed by atoms with Crippen LogP contribution in [0.1, 0.15) is 263 Å². The van der Waals surface area contributed by atoms with Gasteiger partial charge in [-0.05, 0) is 229 Å². The van der Waals surface area contributed by atoms with Crippen LogP contribution in [0.15, 0.2) is 0 Å². The number of esters is 7. The molecular formula is C77H124O20S. The third kappa shape index (κ3) is 23.2. The fraction of sp³-hybridized carbons (Fsp3) is 0.870. The molecule has 0 aromatic heterocycles. The van der Waals surface area contributed by atoms with Crippen LogP contribution in [-0.4, -0.2) is 134 Å². The van der Waals surface area contributed by atoms with Gasteiger partial charge < -0.3 is 47.7 Å². The molecule has 0 saturated heterocycles. The summed E-state index contributed by atoms with van der Waals surface area (Å²) in [6, 6.07) is 0. The van der Waals surface area contributed by atoms with Gasteiger partial charge in [0.25, 0.3) is 0 Å². The molecule has 18 atom stereocenters. The van der Waals surface area contributed by atoms with Crippen molar-refractivity contribution in [2.45, 2.75) is 287 Å². The number of aliphatic carboxylic acids is 1. The van der Waals surface area contributed by atoms with Crippen LogP contribution in [0.5, 0.6) is 0 Å². The van der Waals surface area contributed by atoms with E-state index in [4.69, 9.17) is 47.7 Å². The molecule has 8 aliphatic carbocycles. The first-order valence-corrected chi connectivity index (χ1v) is 38.7. The van der Waals surface area contributed by atoms with Gasteiger partial charge in [0.15, 0.2) is 19.0 Å². The van der Waals surface area contributed by atoms with E-state index in [2.05, 4.69) is 34.0 Å². The normalized spacial score (nSPS) is 32.5. The van der Waals surface area contributed by atoms with Crippen LogP contribution in [0.4, 0.5) is 0 Å². The number of carboxylic acid groups (broad SMARTS) is 1. The van der Waals surface area contributed by atoms with Gasteiger partial charge in [0.1, 0.15) is 38.0 Å². The Morgan fingerprint density at radius 2 is 0.816 bits per heavy atom. The molecule has 21 heteroatoms. The summed E-state index contributed by atoms with van der Waals surface area (Å²) in [5.41, 5.74) is 1.35. The van der Waals surface area contributed by atoms with Gasteiger partial charge in [-0.25, -0.2) is 0 Å². The Bertz CT molecular complexity index is 2630. The van der Waals surface area contributed by atoms with Crippen molar-refractivity contribution >= 4 is 71.1 Å². The van der Waals surface area contributed by atoms with Crippen LogP contribution in [0.2, 0.25) is 0 Å². The van der Waals surface area contributed by atoms with Gasteiger partial charge >= 0.3 is 47.8 Å². The summed E-state index contributed by atoms with van der Waals surface area (Å²) in [6.07, 6.45) is 28.1. The third-order valence-corrected chi connectivity index (χ3v) is 25.7. The van der Waals surface area contributed by atoms with Crippen molar-refractivity contribution in [3.8, 4) is 0 Å². The standard InChI is InChI=1S/C38H60O10.C23H38O2S.C16H26O8/c1-24(9-7-8-10-35(42)48-30(21-44-26(3)40)22-45-27(4)41)19-36(43)47-23-46-29-15-17-37(5)28(20-29)11-12-31-33-14-13-32(25(2)39)38(33,6)18-16-34(31)37;1-15(24)19-7-8-20-18-6-5-16-13-17(25-14-26-4)9-11-22(16,2)21(18)10-12-23(19,20)3;1-11(8-15(19)20)6-4-5-7-16(21)24-14(9-22-12(2)17)10-23-13(3)18/h24,28-34H,7-23H2,1-6H3;16-21H,5-14H2,1-4H3;11,14H,4-10H2,1-3H3,(H,19,20)/t24?,28-,29+,31-,32+,33-,34-,37-,38+;16-,17+,18-,19+,20-,21-,22-,23+;/m00./s1. The van der Waals surface area contributed by atoms with Gasteiger partial charge in [0.2, 0.25) is 0 Å². The van der Waals surface area contributed by atoms with Crippen molar-refractivity contribution in [1.29, 1.82) is 0 Å². The largest absolute Gasteiger partial charge is 0.481 e. The van der Waals surface area contributed by atoms with E-state index in [1.54, 1.807) is 18.7 Å². The molecule has 1 N–H and O–H groups in total. The predicted molar refractivity (Wildman–Crippen MR) is 369 cm³/mol. The number of unbranched alkanes of at least 4 members (excludes halogenated alkanes) is 2. The minimum Gasteiger partial charge on any atom is -0.481 e. The molecule has 0 aliphatic heterocycles. The van der Waals surface area contributed by atoms with Gasteiger partial charge in [-0.15, -0.1) is 11.8 Å². The van der Waals surface area contributed by atoms with Crippen LogP contribution in [-0.2, 0) is 90.6 Å². The van der Waals surface area contributed by atoms with E-state index >= 15 is 0 Å². The third-order valence-electron chi connectivity index (χ3n) is 25.3. The van der Waals surface area contributed by atoms with E-state index in [1.807, 2.05) is 20.8 Å². The molecule has 0 spiro atoms. The number of rotatable bonds is 32. The Hall–Kier alpha value is -4.63. The summed E-state index contributed by atoms with van der Waals surface area (Å²) >= 11 is 1.80. The molecule has 98 heavy (non-hydrogen) atoms. The zero-order valence-electron chi connectivity index (χ0n) is 61.9.